The number of rotatable bonds is 1. The van der Waals surface area contributed by atoms with Gasteiger partial charge >= 0.3 is 0 Å². The quantitative estimate of drug-likeness (QED) is 0.415. The van der Waals surface area contributed by atoms with Crippen LogP contribution in [-0.2, 0) is 0 Å². The summed E-state index contributed by atoms with van der Waals surface area (Å²) in [7, 11) is 0. The molecule has 0 spiro atoms. The first-order chi connectivity index (χ1) is 2.91. The molecule has 0 aliphatic heterocycles. The Labute approximate surface area is 34.9 Å². The molecule has 0 rings (SSSR count). The fraction of sp³-hybridized carbons (Fsp3) is 0.600. The molecule has 5 heavy (non-hydrogen) atoms. The Bertz CT molecular complexity index is 33.2. The summed E-state index contributed by atoms with van der Waals surface area (Å²) in [4.78, 5) is 0. The molecule has 0 aromatic carbocycles. The van der Waals surface area contributed by atoms with Crippen LogP contribution in [0.4, 0.5) is 0 Å². The van der Waals surface area contributed by atoms with Crippen molar-refractivity contribution >= 4 is 0 Å². The molecule has 0 heteroatoms. The van der Waals surface area contributed by atoms with E-state index in [0.717, 1.165) is 6.42 Å². The standard InChI is InChI=1S/C5H10/c1-3-5-4-2/h3,5H,4H2,1-2H3/b5-3-/i1T. The lowest BCUT2D eigenvalue weighted by molar-refractivity contribution is 1.22. The highest BCUT2D eigenvalue weighted by atomic mass is 13.6. The summed E-state index contributed by atoms with van der Waals surface area (Å²) in [5, 5.41) is 0. The van der Waals surface area contributed by atoms with E-state index in [2.05, 4.69) is 6.92 Å². The van der Waals surface area contributed by atoms with Crippen molar-refractivity contribution in [3.05, 3.63) is 12.2 Å². The first-order valence-corrected chi connectivity index (χ1v) is 1.86. The van der Waals surface area contributed by atoms with E-state index in [1.807, 2.05) is 12.2 Å². The van der Waals surface area contributed by atoms with Crippen molar-refractivity contribution in [3.8, 4) is 0 Å². The second-order valence-electron chi connectivity index (χ2n) is 0.880. The maximum absolute atomic E-state index is 6.62. The van der Waals surface area contributed by atoms with E-state index in [4.69, 9.17) is 1.37 Å². The van der Waals surface area contributed by atoms with Crippen LogP contribution in [-0.4, -0.2) is 0 Å². The molecule has 0 fully saturated rings. The van der Waals surface area contributed by atoms with Gasteiger partial charge in [0.05, 0.1) is 0 Å². The smallest absolute Gasteiger partial charge is 0.0273 e. The van der Waals surface area contributed by atoms with Crippen LogP contribution >= 0.6 is 0 Å². The lowest BCUT2D eigenvalue weighted by Gasteiger charge is -1.65. The minimum atomic E-state index is 0.424. The average molecular weight is 72.1 g/mol. The first kappa shape index (κ1) is 2.95. The van der Waals surface area contributed by atoms with Crippen molar-refractivity contribution < 1.29 is 1.37 Å². The number of hydrogen-bond acceptors (Lipinski definition) is 0. The van der Waals surface area contributed by atoms with Crippen molar-refractivity contribution in [1.29, 1.82) is 0 Å². The summed E-state index contributed by atoms with van der Waals surface area (Å²) < 4.78 is 6.62. The van der Waals surface area contributed by atoms with E-state index in [1.165, 1.54) is 0 Å². The summed E-state index contributed by atoms with van der Waals surface area (Å²) in [6, 6.07) is 0. The van der Waals surface area contributed by atoms with E-state index >= 15 is 0 Å². The molecule has 0 aromatic heterocycles. The fourth-order valence-electron chi connectivity index (χ4n) is 0.167. The maximum atomic E-state index is 6.62. The molecule has 0 unspecified atom stereocenters. The predicted octanol–water partition coefficient (Wildman–Crippen LogP) is 1.97. The lowest BCUT2D eigenvalue weighted by Crippen LogP contribution is -1.43. The Morgan fingerprint density at radius 1 is 2.00 bits per heavy atom. The van der Waals surface area contributed by atoms with Gasteiger partial charge in [0.2, 0.25) is 0 Å². The third-order valence-electron chi connectivity index (χ3n) is 0.402. The highest BCUT2D eigenvalue weighted by Crippen LogP contribution is 1.73. The monoisotopic (exact) mass is 72.1 g/mol. The molecule has 0 N–H and O–H groups in total. The molecule has 0 saturated carbocycles. The highest BCUT2D eigenvalue weighted by Gasteiger charge is 1.52. The van der Waals surface area contributed by atoms with Crippen LogP contribution in [0.3, 0.4) is 0 Å². The zero-order valence-corrected chi connectivity index (χ0v) is 3.57. The molecule has 0 aromatic rings. The average Bonchev–Trinajstić information content (AvgIpc) is 1.61. The van der Waals surface area contributed by atoms with Crippen molar-refractivity contribution in [2.24, 2.45) is 0 Å². The second-order valence-corrected chi connectivity index (χ2v) is 0.880. The summed E-state index contributed by atoms with van der Waals surface area (Å²) in [5.74, 6) is 0. The number of allylic oxidation sites excluding steroid dienone is 2. The summed E-state index contributed by atoms with van der Waals surface area (Å²) >= 11 is 0. The van der Waals surface area contributed by atoms with Crippen LogP contribution in [0.2, 0.25) is 0 Å². The molecule has 0 aliphatic carbocycles. The Morgan fingerprint density at radius 2 is 2.80 bits per heavy atom. The zero-order valence-electron chi connectivity index (χ0n) is 4.57. The minimum Gasteiger partial charge on any atom is -0.0917 e. The van der Waals surface area contributed by atoms with Gasteiger partial charge in [-0.3, -0.25) is 0 Å². The second kappa shape index (κ2) is 3.74. The molecule has 30 valence electrons. The molecule has 0 heterocycles. The highest BCUT2D eigenvalue weighted by molar-refractivity contribution is 4.73. The topological polar surface area (TPSA) is 0 Å². The van der Waals surface area contributed by atoms with Gasteiger partial charge in [-0.25, -0.2) is 0 Å². The molecule has 0 bridgehead atoms. The van der Waals surface area contributed by atoms with Crippen LogP contribution < -0.4 is 0 Å². The van der Waals surface area contributed by atoms with Gasteiger partial charge in [0.15, 0.2) is 0 Å². The van der Waals surface area contributed by atoms with E-state index in [0.29, 0.717) is 6.90 Å². The van der Waals surface area contributed by atoms with Gasteiger partial charge in [0.25, 0.3) is 0 Å². The van der Waals surface area contributed by atoms with Gasteiger partial charge < -0.3 is 0 Å². The minimum absolute atomic E-state index is 0.424. The van der Waals surface area contributed by atoms with Crippen molar-refractivity contribution in [3.63, 3.8) is 0 Å². The van der Waals surface area contributed by atoms with Gasteiger partial charge in [-0.1, -0.05) is 19.1 Å². The number of hydrogen-bond donors (Lipinski definition) is 0. The van der Waals surface area contributed by atoms with Crippen molar-refractivity contribution in [1.82, 2.24) is 0 Å². The molecule has 0 saturated heterocycles. The van der Waals surface area contributed by atoms with E-state index in [1.54, 1.807) is 0 Å². The maximum Gasteiger partial charge on any atom is 0.0273 e. The Hall–Kier alpha value is -0.260. The fourth-order valence-corrected chi connectivity index (χ4v) is 0.167. The molecule has 0 amide bonds. The van der Waals surface area contributed by atoms with Crippen LogP contribution in [0.15, 0.2) is 12.2 Å². The third-order valence-corrected chi connectivity index (χ3v) is 0.402. The molecule has 0 radical (unpaired) electrons. The molecule has 0 aliphatic rings. The summed E-state index contributed by atoms with van der Waals surface area (Å²) in [6.45, 7) is 2.49. The van der Waals surface area contributed by atoms with Crippen molar-refractivity contribution in [2.45, 2.75) is 20.2 Å². The predicted molar refractivity (Wildman–Crippen MR) is 25.1 cm³/mol. The summed E-state index contributed by atoms with van der Waals surface area (Å²) in [6.07, 6.45) is 4.89. The van der Waals surface area contributed by atoms with Gasteiger partial charge in [0, 0.05) is 1.37 Å². The largest absolute Gasteiger partial charge is 0.0917 e. The van der Waals surface area contributed by atoms with E-state index in [9.17, 15) is 0 Å². The van der Waals surface area contributed by atoms with Gasteiger partial charge in [-0.05, 0) is 13.3 Å². The van der Waals surface area contributed by atoms with E-state index in [-0.39, 0.29) is 0 Å². The third kappa shape index (κ3) is 3.74. The van der Waals surface area contributed by atoms with Crippen molar-refractivity contribution in [2.75, 3.05) is 0 Å². The molecular formula is C5H10. The zero-order chi connectivity index (χ0) is 4.83. The molecule has 0 atom stereocenters. The lowest BCUT2D eigenvalue weighted by atomic mass is 10.4. The van der Waals surface area contributed by atoms with Gasteiger partial charge in [-0.15, -0.1) is 0 Å². The SMILES string of the molecule is [3H]C/C=C\CC. The summed E-state index contributed by atoms with van der Waals surface area (Å²) in [5.41, 5.74) is 0. The normalized spacial score (nSPS) is 12.6. The van der Waals surface area contributed by atoms with Crippen LogP contribution in [0.5, 0.6) is 0 Å². The molecular weight excluding hydrogens is 60.1 g/mol. The first-order valence-electron chi connectivity index (χ1n) is 2.56. The van der Waals surface area contributed by atoms with Gasteiger partial charge in [-0.2, -0.15) is 0 Å². The van der Waals surface area contributed by atoms with E-state index < -0.39 is 0 Å². The van der Waals surface area contributed by atoms with Crippen LogP contribution in [0.1, 0.15) is 21.6 Å². The Kier molecular flexibility index (Phi) is 2.21. The van der Waals surface area contributed by atoms with Crippen LogP contribution in [0.25, 0.3) is 0 Å². The van der Waals surface area contributed by atoms with Gasteiger partial charge in [0.1, 0.15) is 0 Å². The van der Waals surface area contributed by atoms with Crippen LogP contribution in [0, 0.1) is 0 Å². The Balaban J connectivity index is 2.73. The molecule has 0 nitrogen and oxygen atoms in total. The Morgan fingerprint density at radius 3 is 3.00 bits per heavy atom.